The zero-order valence-corrected chi connectivity index (χ0v) is 18.0. The van der Waals surface area contributed by atoms with Crippen LogP contribution >= 0.6 is 27.3 Å². The van der Waals surface area contributed by atoms with Gasteiger partial charge in [-0.1, -0.05) is 6.07 Å². The van der Waals surface area contributed by atoms with E-state index in [1.54, 1.807) is 12.1 Å². The Balaban J connectivity index is 1.84. The van der Waals surface area contributed by atoms with Crippen LogP contribution in [0.1, 0.15) is 17.3 Å². The van der Waals surface area contributed by atoms with Crippen molar-refractivity contribution in [3.63, 3.8) is 0 Å². The predicted octanol–water partition coefficient (Wildman–Crippen LogP) is 5.01. The molecule has 0 unspecified atom stereocenters. The van der Waals surface area contributed by atoms with Gasteiger partial charge in [-0.05, 0) is 46.3 Å². The Morgan fingerprint density at radius 2 is 1.79 bits per heavy atom. The maximum Gasteiger partial charge on any atom is 0.341 e. The molecular weight excluding hydrogens is 465 g/mol. The molecule has 9 heteroatoms. The number of fused-ring (bicyclic) bond motifs is 1. The summed E-state index contributed by atoms with van der Waals surface area (Å²) < 4.78 is 30.6. The summed E-state index contributed by atoms with van der Waals surface area (Å²) in [5.41, 5.74) is 0.280. The number of benzene rings is 2. The van der Waals surface area contributed by atoms with Crippen LogP contribution < -0.4 is 14.8 Å². The van der Waals surface area contributed by atoms with E-state index in [4.69, 9.17) is 14.2 Å². The summed E-state index contributed by atoms with van der Waals surface area (Å²) in [6.45, 7) is 1.82. The summed E-state index contributed by atoms with van der Waals surface area (Å²) in [5, 5.41) is 3.68. The van der Waals surface area contributed by atoms with Gasteiger partial charge in [-0.25, -0.2) is 9.18 Å². The summed E-state index contributed by atoms with van der Waals surface area (Å²) in [4.78, 5) is 23.8. The van der Waals surface area contributed by atoms with Gasteiger partial charge >= 0.3 is 5.97 Å². The fraction of sp³-hybridized carbons (Fsp3) is 0.200. The number of esters is 1. The number of nitrogens with one attached hydrogen (secondary N) is 1. The Hall–Kier alpha value is -2.65. The minimum Gasteiger partial charge on any atom is -0.490 e. The molecule has 1 aromatic heterocycles. The third-order valence-electron chi connectivity index (χ3n) is 3.86. The van der Waals surface area contributed by atoms with E-state index in [1.807, 2.05) is 0 Å². The van der Waals surface area contributed by atoms with Crippen molar-refractivity contribution in [3.8, 4) is 11.5 Å². The van der Waals surface area contributed by atoms with E-state index in [2.05, 4.69) is 21.2 Å². The number of hydrogen-bond acceptors (Lipinski definition) is 6. The standard InChI is InChI=1S/C20H17BrFNO5S/c1-11(24)23-19-16(20(25)26-2)14-7-8-15(21)17(18(14)29-19)28-10-9-27-13-5-3-12(22)4-6-13/h3-8H,9-10H2,1-2H3,(H,23,24). The molecule has 1 N–H and O–H groups in total. The van der Waals surface area contributed by atoms with Crippen molar-refractivity contribution in [2.75, 3.05) is 25.6 Å². The highest BCUT2D eigenvalue weighted by Gasteiger charge is 2.23. The van der Waals surface area contributed by atoms with Crippen LogP contribution in [-0.4, -0.2) is 32.2 Å². The molecule has 0 fully saturated rings. The van der Waals surface area contributed by atoms with Gasteiger partial charge in [0.1, 0.15) is 35.3 Å². The summed E-state index contributed by atoms with van der Waals surface area (Å²) in [7, 11) is 1.28. The van der Waals surface area contributed by atoms with E-state index in [1.165, 1.54) is 49.6 Å². The van der Waals surface area contributed by atoms with Crippen LogP contribution in [0.2, 0.25) is 0 Å². The zero-order valence-electron chi connectivity index (χ0n) is 15.6. The third kappa shape index (κ3) is 4.86. The van der Waals surface area contributed by atoms with Crippen LogP contribution in [0.25, 0.3) is 10.1 Å². The number of carbonyl (C=O) groups excluding carboxylic acids is 2. The molecule has 3 rings (SSSR count). The Kier molecular flexibility index (Phi) is 6.71. The van der Waals surface area contributed by atoms with Gasteiger partial charge in [0.15, 0.2) is 5.75 Å². The Labute approximate surface area is 178 Å². The molecule has 0 atom stereocenters. The second-order valence-electron chi connectivity index (χ2n) is 5.88. The number of amides is 1. The van der Waals surface area contributed by atoms with Gasteiger partial charge in [-0.15, -0.1) is 11.3 Å². The summed E-state index contributed by atoms with van der Waals surface area (Å²) in [5.74, 6) is -0.122. The third-order valence-corrected chi connectivity index (χ3v) is 5.60. The summed E-state index contributed by atoms with van der Waals surface area (Å²) in [6.07, 6.45) is 0. The van der Waals surface area contributed by atoms with Crippen LogP contribution in [0, 0.1) is 5.82 Å². The average Bonchev–Trinajstić information content (AvgIpc) is 3.04. The molecule has 2 aromatic carbocycles. The fourth-order valence-electron chi connectivity index (χ4n) is 2.63. The van der Waals surface area contributed by atoms with E-state index >= 15 is 0 Å². The first-order chi connectivity index (χ1) is 13.9. The predicted molar refractivity (Wildman–Crippen MR) is 113 cm³/mol. The van der Waals surface area contributed by atoms with Crippen LogP contribution in [-0.2, 0) is 9.53 Å². The van der Waals surface area contributed by atoms with Gasteiger partial charge < -0.3 is 19.5 Å². The molecule has 6 nitrogen and oxygen atoms in total. The molecule has 0 bridgehead atoms. The molecule has 0 aliphatic carbocycles. The van der Waals surface area contributed by atoms with Crippen molar-refractivity contribution in [3.05, 3.63) is 52.3 Å². The number of rotatable bonds is 7. The normalized spacial score (nSPS) is 10.6. The largest absolute Gasteiger partial charge is 0.490 e. The van der Waals surface area contributed by atoms with Gasteiger partial charge in [0, 0.05) is 12.3 Å². The number of methoxy groups -OCH3 is 1. The van der Waals surface area contributed by atoms with Gasteiger partial charge in [0.2, 0.25) is 5.91 Å². The van der Waals surface area contributed by atoms with Crippen molar-refractivity contribution in [1.29, 1.82) is 0 Å². The monoisotopic (exact) mass is 481 g/mol. The number of anilines is 1. The van der Waals surface area contributed by atoms with Gasteiger partial charge in [0.05, 0.1) is 16.3 Å². The number of hydrogen-bond donors (Lipinski definition) is 1. The van der Waals surface area contributed by atoms with E-state index in [0.29, 0.717) is 31.1 Å². The lowest BCUT2D eigenvalue weighted by molar-refractivity contribution is -0.114. The average molecular weight is 482 g/mol. The molecule has 0 aliphatic heterocycles. The summed E-state index contributed by atoms with van der Waals surface area (Å²) in [6, 6.07) is 9.22. The lowest BCUT2D eigenvalue weighted by Crippen LogP contribution is -2.10. The Morgan fingerprint density at radius 3 is 2.45 bits per heavy atom. The van der Waals surface area contributed by atoms with Gasteiger partial charge in [-0.2, -0.15) is 0 Å². The van der Waals surface area contributed by atoms with Gasteiger partial charge in [-0.3, -0.25) is 4.79 Å². The SMILES string of the molecule is COC(=O)c1c(NC(C)=O)sc2c(OCCOc3ccc(F)cc3)c(Br)ccc12. The first-order valence-corrected chi connectivity index (χ1v) is 10.1. The smallest absolute Gasteiger partial charge is 0.341 e. The van der Waals surface area contributed by atoms with Crippen LogP contribution in [0.4, 0.5) is 9.39 Å². The van der Waals surface area contributed by atoms with E-state index in [0.717, 1.165) is 0 Å². The molecule has 0 saturated heterocycles. The maximum absolute atomic E-state index is 12.9. The quantitative estimate of drug-likeness (QED) is 0.379. The molecule has 0 spiro atoms. The van der Waals surface area contributed by atoms with E-state index < -0.39 is 5.97 Å². The second-order valence-corrected chi connectivity index (χ2v) is 7.76. The maximum atomic E-state index is 12.9. The molecule has 152 valence electrons. The first-order valence-electron chi connectivity index (χ1n) is 8.52. The second kappa shape index (κ2) is 9.23. The number of carbonyl (C=O) groups is 2. The van der Waals surface area contributed by atoms with Crippen molar-refractivity contribution in [2.24, 2.45) is 0 Å². The highest BCUT2D eigenvalue weighted by atomic mass is 79.9. The number of halogens is 2. The Morgan fingerprint density at radius 1 is 1.10 bits per heavy atom. The number of thiophene rings is 1. The molecule has 1 amide bonds. The molecule has 29 heavy (non-hydrogen) atoms. The van der Waals surface area contributed by atoms with Crippen molar-refractivity contribution in [2.45, 2.75) is 6.92 Å². The van der Waals surface area contributed by atoms with Crippen molar-refractivity contribution in [1.82, 2.24) is 0 Å². The molecule has 0 saturated carbocycles. The highest BCUT2D eigenvalue weighted by Crippen LogP contribution is 2.44. The lowest BCUT2D eigenvalue weighted by atomic mass is 10.1. The molecule has 3 aromatic rings. The number of ether oxygens (including phenoxy) is 3. The molecule has 0 aliphatic rings. The van der Waals surface area contributed by atoms with Gasteiger partial charge in [0.25, 0.3) is 0 Å². The van der Waals surface area contributed by atoms with Crippen LogP contribution in [0.15, 0.2) is 40.9 Å². The van der Waals surface area contributed by atoms with Crippen molar-refractivity contribution < 1.29 is 28.2 Å². The topological polar surface area (TPSA) is 73.9 Å². The minimum atomic E-state index is -0.548. The first kappa shape index (κ1) is 21.1. The van der Waals surface area contributed by atoms with E-state index in [-0.39, 0.29) is 30.5 Å². The van der Waals surface area contributed by atoms with Crippen LogP contribution in [0.3, 0.4) is 0 Å². The molecule has 1 heterocycles. The fourth-order valence-corrected chi connectivity index (χ4v) is 4.45. The van der Waals surface area contributed by atoms with Crippen LogP contribution in [0.5, 0.6) is 11.5 Å². The van der Waals surface area contributed by atoms with Crippen molar-refractivity contribution >= 4 is 54.2 Å². The molecule has 0 radical (unpaired) electrons. The lowest BCUT2D eigenvalue weighted by Gasteiger charge is -2.11. The summed E-state index contributed by atoms with van der Waals surface area (Å²) >= 11 is 4.68. The Bertz CT molecular complexity index is 1050. The minimum absolute atomic E-state index is 0.218. The molecular formula is C20H17BrFNO5S. The van der Waals surface area contributed by atoms with E-state index in [9.17, 15) is 14.0 Å². The highest BCUT2D eigenvalue weighted by molar-refractivity contribution is 9.10. The zero-order chi connectivity index (χ0) is 21.0.